The fourth-order valence-electron chi connectivity index (χ4n) is 6.78. The van der Waals surface area contributed by atoms with E-state index in [0.717, 1.165) is 116 Å². The van der Waals surface area contributed by atoms with Gasteiger partial charge >= 0.3 is 24.1 Å². The lowest BCUT2D eigenvalue weighted by Gasteiger charge is -2.20. The molecular formula is C49H93NO11. The molecule has 0 amide bonds. The average Bonchev–Trinajstić information content (AvgIpc) is 3.26. The molecule has 0 fully saturated rings. The summed E-state index contributed by atoms with van der Waals surface area (Å²) in [6.07, 6.45) is 25.7. The van der Waals surface area contributed by atoms with Gasteiger partial charge in [0.25, 0.3) is 0 Å². The summed E-state index contributed by atoms with van der Waals surface area (Å²) in [7, 11) is 0. The molecule has 360 valence electrons. The first-order valence-corrected chi connectivity index (χ1v) is 25.0. The standard InChI is InChI=1S/C49H93NO11/c1-6-11-14-16-24-29-38-56-48(57-39-30-25-17-15-12-7-2)35-34-47(53)60-42-44(43-61-49(54)58-40-31-36-50(9-4)10-5)41-59-46(52)33-27-23-21-19-18-20-22-26-32-45(51)55-37-28-13-8-3/h44,48H,6-43H2,1-5H3. The molecular weight excluding hydrogens is 779 g/mol. The minimum absolute atomic E-state index is 0.0427. The van der Waals surface area contributed by atoms with E-state index >= 15 is 0 Å². The van der Waals surface area contributed by atoms with E-state index in [1.165, 1.54) is 51.4 Å². The largest absolute Gasteiger partial charge is 0.508 e. The van der Waals surface area contributed by atoms with Crippen LogP contribution in [0.3, 0.4) is 0 Å². The molecule has 0 heterocycles. The van der Waals surface area contributed by atoms with Gasteiger partial charge in [0, 0.05) is 39.0 Å². The predicted molar refractivity (Wildman–Crippen MR) is 243 cm³/mol. The van der Waals surface area contributed by atoms with Gasteiger partial charge in [-0.2, -0.15) is 0 Å². The fourth-order valence-corrected chi connectivity index (χ4v) is 6.78. The number of carbonyl (C=O) groups excluding carboxylic acids is 4. The van der Waals surface area contributed by atoms with Crippen molar-refractivity contribution >= 4 is 24.1 Å². The van der Waals surface area contributed by atoms with Gasteiger partial charge in [-0.05, 0) is 51.6 Å². The minimum atomic E-state index is -0.796. The predicted octanol–water partition coefficient (Wildman–Crippen LogP) is 12.1. The van der Waals surface area contributed by atoms with Gasteiger partial charge in [0.2, 0.25) is 0 Å². The Morgan fingerprint density at radius 3 is 1.30 bits per heavy atom. The molecule has 0 aliphatic carbocycles. The minimum Gasteiger partial charge on any atom is -0.466 e. The first-order chi connectivity index (χ1) is 29.8. The Morgan fingerprint density at radius 2 is 0.787 bits per heavy atom. The van der Waals surface area contributed by atoms with Crippen molar-refractivity contribution in [1.82, 2.24) is 4.90 Å². The molecule has 1 atom stereocenters. The molecule has 0 N–H and O–H groups in total. The molecule has 0 aromatic rings. The van der Waals surface area contributed by atoms with Gasteiger partial charge < -0.3 is 38.1 Å². The topological polar surface area (TPSA) is 136 Å². The number of rotatable bonds is 46. The first-order valence-electron chi connectivity index (χ1n) is 25.0. The van der Waals surface area contributed by atoms with Crippen molar-refractivity contribution in [2.45, 2.75) is 221 Å². The van der Waals surface area contributed by atoms with E-state index in [2.05, 4.69) is 39.5 Å². The zero-order valence-corrected chi connectivity index (χ0v) is 40.0. The van der Waals surface area contributed by atoms with E-state index in [9.17, 15) is 19.2 Å². The van der Waals surface area contributed by atoms with E-state index in [-0.39, 0.29) is 44.8 Å². The fraction of sp³-hybridized carbons (Fsp3) is 0.918. The lowest BCUT2D eigenvalue weighted by Crippen LogP contribution is -2.28. The highest BCUT2D eigenvalue weighted by Crippen LogP contribution is 2.15. The normalized spacial score (nSPS) is 11.9. The lowest BCUT2D eigenvalue weighted by atomic mass is 10.1. The van der Waals surface area contributed by atoms with E-state index in [1.807, 2.05) is 0 Å². The SMILES string of the molecule is CCCCCCCCOC(CCC(=O)OCC(COC(=O)CCCCCCCCCCC(=O)OCCCCC)COC(=O)OCCCN(CC)CC)OCCCCCCCC. The van der Waals surface area contributed by atoms with Gasteiger partial charge in [-0.1, -0.05) is 150 Å². The molecule has 0 aliphatic rings. The monoisotopic (exact) mass is 872 g/mol. The van der Waals surface area contributed by atoms with Crippen molar-refractivity contribution < 1.29 is 52.3 Å². The quantitative estimate of drug-likeness (QED) is 0.0249. The molecule has 0 bridgehead atoms. The van der Waals surface area contributed by atoms with Crippen molar-refractivity contribution in [1.29, 1.82) is 0 Å². The number of hydrogen-bond acceptors (Lipinski definition) is 12. The Morgan fingerprint density at radius 1 is 0.393 bits per heavy atom. The summed E-state index contributed by atoms with van der Waals surface area (Å²) >= 11 is 0. The summed E-state index contributed by atoms with van der Waals surface area (Å²) in [5.74, 6) is -1.37. The highest BCUT2D eigenvalue weighted by Gasteiger charge is 2.20. The van der Waals surface area contributed by atoms with Crippen LogP contribution in [0.4, 0.5) is 4.79 Å². The number of esters is 3. The van der Waals surface area contributed by atoms with Crippen LogP contribution in [0.25, 0.3) is 0 Å². The second-order valence-electron chi connectivity index (χ2n) is 16.5. The summed E-state index contributed by atoms with van der Waals surface area (Å²) < 4.78 is 39.3. The number of carbonyl (C=O) groups is 4. The zero-order chi connectivity index (χ0) is 44.9. The molecule has 0 saturated heterocycles. The average molecular weight is 872 g/mol. The third-order valence-corrected chi connectivity index (χ3v) is 10.8. The van der Waals surface area contributed by atoms with Crippen molar-refractivity contribution in [3.63, 3.8) is 0 Å². The van der Waals surface area contributed by atoms with Crippen molar-refractivity contribution in [3.8, 4) is 0 Å². The molecule has 0 rings (SSSR count). The van der Waals surface area contributed by atoms with Crippen LogP contribution in [-0.2, 0) is 47.5 Å². The second kappa shape index (κ2) is 45.6. The van der Waals surface area contributed by atoms with Crippen molar-refractivity contribution in [2.75, 3.05) is 65.9 Å². The lowest BCUT2D eigenvalue weighted by molar-refractivity contribution is -0.161. The van der Waals surface area contributed by atoms with Crippen LogP contribution >= 0.6 is 0 Å². The molecule has 0 aliphatic heterocycles. The Kier molecular flexibility index (Phi) is 43.8. The van der Waals surface area contributed by atoms with Crippen LogP contribution < -0.4 is 0 Å². The van der Waals surface area contributed by atoms with Gasteiger partial charge in [0.05, 0.1) is 25.6 Å². The zero-order valence-electron chi connectivity index (χ0n) is 40.0. The van der Waals surface area contributed by atoms with Crippen molar-refractivity contribution in [3.05, 3.63) is 0 Å². The smallest absolute Gasteiger partial charge is 0.466 e. The number of unbranched alkanes of at least 4 members (excludes halogenated alkanes) is 19. The molecule has 61 heavy (non-hydrogen) atoms. The van der Waals surface area contributed by atoms with E-state index in [1.54, 1.807) is 0 Å². The first kappa shape index (κ1) is 58.6. The van der Waals surface area contributed by atoms with Gasteiger partial charge in [0.15, 0.2) is 6.29 Å². The van der Waals surface area contributed by atoms with E-state index < -0.39 is 24.3 Å². The van der Waals surface area contributed by atoms with E-state index in [4.69, 9.17) is 33.2 Å². The molecule has 1 unspecified atom stereocenters. The maximum atomic E-state index is 12.9. The van der Waals surface area contributed by atoms with Crippen molar-refractivity contribution in [2.24, 2.45) is 5.92 Å². The van der Waals surface area contributed by atoms with Crippen LogP contribution in [-0.4, -0.2) is 101 Å². The van der Waals surface area contributed by atoms with Gasteiger partial charge in [-0.15, -0.1) is 0 Å². The van der Waals surface area contributed by atoms with Crippen LogP contribution in [0.1, 0.15) is 214 Å². The number of hydrogen-bond donors (Lipinski definition) is 0. The molecule has 12 heteroatoms. The Bertz CT molecular complexity index is 991. The Labute approximate surface area is 372 Å². The molecule has 0 spiro atoms. The van der Waals surface area contributed by atoms with Gasteiger partial charge in [-0.25, -0.2) is 4.79 Å². The van der Waals surface area contributed by atoms with Crippen LogP contribution in [0.15, 0.2) is 0 Å². The molecule has 0 radical (unpaired) electrons. The summed E-state index contributed by atoms with van der Waals surface area (Å²) in [5, 5.41) is 0. The Hall–Kier alpha value is -2.44. The molecule has 0 saturated carbocycles. The third-order valence-electron chi connectivity index (χ3n) is 10.8. The number of ether oxygens (including phenoxy) is 7. The van der Waals surface area contributed by atoms with E-state index in [0.29, 0.717) is 45.5 Å². The number of nitrogens with zero attached hydrogens (tertiary/aromatic N) is 1. The summed E-state index contributed by atoms with van der Waals surface area (Å²) in [5.41, 5.74) is 0. The third kappa shape index (κ3) is 41.3. The van der Waals surface area contributed by atoms with Crippen LogP contribution in [0.5, 0.6) is 0 Å². The highest BCUT2D eigenvalue weighted by atomic mass is 16.7. The van der Waals surface area contributed by atoms with Gasteiger partial charge in [0.1, 0.15) is 19.8 Å². The molecule has 0 aromatic heterocycles. The van der Waals surface area contributed by atoms with Crippen LogP contribution in [0.2, 0.25) is 0 Å². The maximum absolute atomic E-state index is 12.9. The summed E-state index contributed by atoms with van der Waals surface area (Å²) in [6, 6.07) is 0. The second-order valence-corrected chi connectivity index (χ2v) is 16.5. The van der Waals surface area contributed by atoms with Crippen LogP contribution in [0, 0.1) is 5.92 Å². The Balaban J connectivity index is 4.80. The maximum Gasteiger partial charge on any atom is 0.508 e. The van der Waals surface area contributed by atoms with Gasteiger partial charge in [-0.3, -0.25) is 14.4 Å². The molecule has 0 aromatic carbocycles. The summed E-state index contributed by atoms with van der Waals surface area (Å²) in [6.45, 7) is 15.2. The molecule has 12 nitrogen and oxygen atoms in total. The highest BCUT2D eigenvalue weighted by molar-refractivity contribution is 5.70. The summed E-state index contributed by atoms with van der Waals surface area (Å²) in [4.78, 5) is 52.0.